The van der Waals surface area contributed by atoms with Gasteiger partial charge in [0, 0.05) is 31.9 Å². The van der Waals surface area contributed by atoms with Crippen LogP contribution >= 0.6 is 0 Å². The van der Waals surface area contributed by atoms with E-state index in [0.717, 1.165) is 37.5 Å². The van der Waals surface area contributed by atoms with Crippen LogP contribution in [0.2, 0.25) is 0 Å². The molecule has 0 radical (unpaired) electrons. The lowest BCUT2D eigenvalue weighted by molar-refractivity contribution is -0.139. The summed E-state index contributed by atoms with van der Waals surface area (Å²) in [5.41, 5.74) is 3.51. The zero-order valence-electron chi connectivity index (χ0n) is 15.9. The lowest BCUT2D eigenvalue weighted by Crippen LogP contribution is -2.52. The summed E-state index contributed by atoms with van der Waals surface area (Å²) in [6.07, 6.45) is 0.254. The molecule has 0 N–H and O–H groups in total. The zero-order chi connectivity index (χ0) is 18.5. The second-order valence-corrected chi connectivity index (χ2v) is 6.86. The molecule has 1 fully saturated rings. The lowest BCUT2D eigenvalue weighted by Gasteiger charge is -2.37. The molecule has 0 bridgehead atoms. The Kier molecular flexibility index (Phi) is 5.82. The maximum Gasteiger partial charge on any atom is 0.263 e. The Labute approximate surface area is 156 Å². The Morgan fingerprint density at radius 1 is 1.00 bits per heavy atom. The third-order valence-electron chi connectivity index (χ3n) is 5.18. The van der Waals surface area contributed by atoms with Gasteiger partial charge in [0.15, 0.2) is 6.10 Å². The second-order valence-electron chi connectivity index (χ2n) is 6.86. The molecule has 26 heavy (non-hydrogen) atoms. The molecule has 2 aromatic rings. The number of ether oxygens (including phenoxy) is 1. The molecule has 1 saturated heterocycles. The molecule has 1 aliphatic rings. The van der Waals surface area contributed by atoms with Crippen LogP contribution in [0.15, 0.2) is 48.5 Å². The summed E-state index contributed by atoms with van der Waals surface area (Å²) in [4.78, 5) is 17.2. The first kappa shape index (κ1) is 18.3. The standard InChI is InChI=1S/C22H28N2O2/c1-4-20(26-21-12-8-9-17(2)18(21)3)22(25)24-15-13-23(14-16-24)19-10-6-5-7-11-19/h5-12,20H,4,13-16H2,1-3H3. The van der Waals surface area contributed by atoms with Crippen LogP contribution in [0, 0.1) is 13.8 Å². The molecule has 3 rings (SSSR count). The fourth-order valence-electron chi connectivity index (χ4n) is 3.34. The molecule has 1 unspecified atom stereocenters. The van der Waals surface area contributed by atoms with E-state index in [1.165, 1.54) is 11.3 Å². The number of carbonyl (C=O) groups is 1. The zero-order valence-corrected chi connectivity index (χ0v) is 15.9. The van der Waals surface area contributed by atoms with Crippen molar-refractivity contribution in [2.45, 2.75) is 33.3 Å². The van der Waals surface area contributed by atoms with Crippen molar-refractivity contribution in [1.82, 2.24) is 4.90 Å². The molecule has 0 aromatic heterocycles. The number of benzene rings is 2. The minimum absolute atomic E-state index is 0.0983. The molecule has 1 atom stereocenters. The topological polar surface area (TPSA) is 32.8 Å². The minimum Gasteiger partial charge on any atom is -0.480 e. The van der Waals surface area contributed by atoms with Crippen molar-refractivity contribution in [3.05, 3.63) is 59.7 Å². The predicted octanol–water partition coefficient (Wildman–Crippen LogP) is 3.81. The van der Waals surface area contributed by atoms with E-state index in [2.05, 4.69) is 42.2 Å². The van der Waals surface area contributed by atoms with Crippen LogP contribution in [0.4, 0.5) is 5.69 Å². The van der Waals surface area contributed by atoms with Gasteiger partial charge in [-0.25, -0.2) is 0 Å². The third kappa shape index (κ3) is 4.01. The molecule has 1 heterocycles. The van der Waals surface area contributed by atoms with Gasteiger partial charge in [0.1, 0.15) is 5.75 Å². The molecule has 0 aliphatic carbocycles. The van der Waals surface area contributed by atoms with Gasteiger partial charge >= 0.3 is 0 Å². The van der Waals surface area contributed by atoms with Crippen LogP contribution in [0.25, 0.3) is 0 Å². The van der Waals surface area contributed by atoms with Crippen LogP contribution < -0.4 is 9.64 Å². The molecule has 0 saturated carbocycles. The molecule has 4 nitrogen and oxygen atoms in total. The first-order valence-electron chi connectivity index (χ1n) is 9.41. The Bertz CT molecular complexity index is 737. The molecular formula is C22H28N2O2. The molecule has 4 heteroatoms. The first-order chi connectivity index (χ1) is 12.6. The van der Waals surface area contributed by atoms with Crippen molar-refractivity contribution >= 4 is 11.6 Å². The summed E-state index contributed by atoms with van der Waals surface area (Å²) < 4.78 is 6.10. The van der Waals surface area contributed by atoms with Crippen molar-refractivity contribution in [3.63, 3.8) is 0 Å². The van der Waals surface area contributed by atoms with Crippen molar-refractivity contribution in [1.29, 1.82) is 0 Å². The summed E-state index contributed by atoms with van der Waals surface area (Å²) in [6, 6.07) is 16.4. The average Bonchev–Trinajstić information content (AvgIpc) is 2.69. The number of aryl methyl sites for hydroxylation is 1. The van der Waals surface area contributed by atoms with E-state index in [9.17, 15) is 4.79 Å². The maximum atomic E-state index is 13.0. The third-order valence-corrected chi connectivity index (χ3v) is 5.18. The van der Waals surface area contributed by atoms with Gasteiger partial charge in [0.05, 0.1) is 0 Å². The predicted molar refractivity (Wildman–Crippen MR) is 106 cm³/mol. The number of amides is 1. The summed E-state index contributed by atoms with van der Waals surface area (Å²) >= 11 is 0. The monoisotopic (exact) mass is 352 g/mol. The van der Waals surface area contributed by atoms with E-state index in [0.29, 0.717) is 6.42 Å². The van der Waals surface area contributed by atoms with Gasteiger partial charge < -0.3 is 14.5 Å². The molecule has 0 spiro atoms. The first-order valence-corrected chi connectivity index (χ1v) is 9.41. The minimum atomic E-state index is -0.418. The molecular weight excluding hydrogens is 324 g/mol. The number of hydrogen-bond donors (Lipinski definition) is 0. The van der Waals surface area contributed by atoms with Crippen molar-refractivity contribution in [2.24, 2.45) is 0 Å². The number of rotatable bonds is 5. The van der Waals surface area contributed by atoms with Gasteiger partial charge in [0.2, 0.25) is 0 Å². The summed E-state index contributed by atoms with van der Waals surface area (Å²) in [6.45, 7) is 9.30. The molecule has 2 aromatic carbocycles. The SMILES string of the molecule is CCC(Oc1cccc(C)c1C)C(=O)N1CCN(c2ccccc2)CC1. The smallest absolute Gasteiger partial charge is 0.263 e. The van der Waals surface area contributed by atoms with Gasteiger partial charge in [-0.05, 0) is 49.6 Å². The van der Waals surface area contributed by atoms with Crippen molar-refractivity contribution in [3.8, 4) is 5.75 Å². The number of piperazine rings is 1. The van der Waals surface area contributed by atoms with E-state index < -0.39 is 6.10 Å². The van der Waals surface area contributed by atoms with E-state index in [1.807, 2.05) is 36.9 Å². The number of para-hydroxylation sites is 1. The Morgan fingerprint density at radius 2 is 1.69 bits per heavy atom. The highest BCUT2D eigenvalue weighted by Crippen LogP contribution is 2.23. The summed E-state index contributed by atoms with van der Waals surface area (Å²) in [5, 5.41) is 0. The Balaban J connectivity index is 1.62. The van der Waals surface area contributed by atoms with Gasteiger partial charge in [-0.1, -0.05) is 37.3 Å². The van der Waals surface area contributed by atoms with E-state index in [-0.39, 0.29) is 5.91 Å². The fourth-order valence-corrected chi connectivity index (χ4v) is 3.34. The quantitative estimate of drug-likeness (QED) is 0.820. The normalized spacial score (nSPS) is 15.7. The fraction of sp³-hybridized carbons (Fsp3) is 0.409. The van der Waals surface area contributed by atoms with Crippen LogP contribution in [0.1, 0.15) is 24.5 Å². The number of carbonyl (C=O) groups excluding carboxylic acids is 1. The van der Waals surface area contributed by atoms with Gasteiger partial charge in [0.25, 0.3) is 5.91 Å². The molecule has 1 aliphatic heterocycles. The molecule has 1 amide bonds. The van der Waals surface area contributed by atoms with Crippen molar-refractivity contribution in [2.75, 3.05) is 31.1 Å². The van der Waals surface area contributed by atoms with Gasteiger partial charge in [-0.2, -0.15) is 0 Å². The lowest BCUT2D eigenvalue weighted by atomic mass is 10.1. The van der Waals surface area contributed by atoms with E-state index in [4.69, 9.17) is 4.74 Å². The summed E-state index contributed by atoms with van der Waals surface area (Å²) in [7, 11) is 0. The maximum absolute atomic E-state index is 13.0. The van der Waals surface area contributed by atoms with Gasteiger partial charge in [-0.15, -0.1) is 0 Å². The summed E-state index contributed by atoms with van der Waals surface area (Å²) in [5.74, 6) is 0.911. The van der Waals surface area contributed by atoms with Crippen LogP contribution in [0.5, 0.6) is 5.75 Å². The number of anilines is 1. The van der Waals surface area contributed by atoms with Gasteiger partial charge in [-0.3, -0.25) is 4.79 Å². The highest BCUT2D eigenvalue weighted by molar-refractivity contribution is 5.81. The van der Waals surface area contributed by atoms with E-state index in [1.54, 1.807) is 0 Å². The average molecular weight is 352 g/mol. The highest BCUT2D eigenvalue weighted by Gasteiger charge is 2.28. The number of nitrogens with zero attached hydrogens (tertiary/aromatic N) is 2. The Hall–Kier alpha value is -2.49. The van der Waals surface area contributed by atoms with Crippen molar-refractivity contribution < 1.29 is 9.53 Å². The van der Waals surface area contributed by atoms with Crippen LogP contribution in [-0.2, 0) is 4.79 Å². The highest BCUT2D eigenvalue weighted by atomic mass is 16.5. The largest absolute Gasteiger partial charge is 0.480 e. The van der Waals surface area contributed by atoms with Crippen LogP contribution in [-0.4, -0.2) is 43.1 Å². The van der Waals surface area contributed by atoms with E-state index >= 15 is 0 Å². The molecule has 138 valence electrons. The second kappa shape index (κ2) is 8.26. The Morgan fingerprint density at radius 3 is 2.35 bits per heavy atom. The van der Waals surface area contributed by atoms with Crippen LogP contribution in [0.3, 0.4) is 0 Å². The number of hydrogen-bond acceptors (Lipinski definition) is 3.